The lowest BCUT2D eigenvalue weighted by Crippen LogP contribution is -2.41. The molecule has 5 nitrogen and oxygen atoms in total. The van der Waals surface area contributed by atoms with Gasteiger partial charge in [0.1, 0.15) is 0 Å². The zero-order valence-corrected chi connectivity index (χ0v) is 19.9. The molecule has 0 bridgehead atoms. The molecule has 2 fully saturated rings. The highest BCUT2D eigenvalue weighted by Gasteiger charge is 2.30. The van der Waals surface area contributed by atoms with E-state index in [9.17, 15) is 9.59 Å². The van der Waals surface area contributed by atoms with Crippen LogP contribution in [0.2, 0.25) is 5.02 Å². The third kappa shape index (κ3) is 6.58. The van der Waals surface area contributed by atoms with E-state index in [0.717, 1.165) is 25.1 Å². The maximum atomic E-state index is 13.0. The van der Waals surface area contributed by atoms with Crippen LogP contribution in [0.3, 0.4) is 0 Å². The molecule has 2 amide bonds. The van der Waals surface area contributed by atoms with E-state index in [1.165, 1.54) is 38.5 Å². The van der Waals surface area contributed by atoms with Gasteiger partial charge in [-0.1, -0.05) is 79.7 Å². The van der Waals surface area contributed by atoms with Gasteiger partial charge in [0, 0.05) is 25.2 Å². The summed E-state index contributed by atoms with van der Waals surface area (Å²) in [6.45, 7) is 1.99. The fourth-order valence-electron chi connectivity index (χ4n) is 5.15. The molecule has 4 rings (SSSR count). The molecule has 1 aliphatic carbocycles. The lowest BCUT2D eigenvalue weighted by molar-refractivity contribution is -0.122. The van der Waals surface area contributed by atoms with Crippen LogP contribution in [0.25, 0.3) is 0 Å². The van der Waals surface area contributed by atoms with Gasteiger partial charge in [0.15, 0.2) is 0 Å². The van der Waals surface area contributed by atoms with Crippen LogP contribution in [-0.4, -0.2) is 41.9 Å². The zero-order chi connectivity index (χ0) is 23.0. The largest absolute Gasteiger partial charge is 0.352 e. The topological polar surface area (TPSA) is 61.4 Å². The van der Waals surface area contributed by atoms with Crippen molar-refractivity contribution < 1.29 is 9.59 Å². The summed E-state index contributed by atoms with van der Waals surface area (Å²) in [4.78, 5) is 28.5. The molecule has 2 aromatic carbocycles. The van der Waals surface area contributed by atoms with Crippen LogP contribution in [-0.2, 0) is 4.79 Å². The second-order valence-electron chi connectivity index (χ2n) is 9.31. The van der Waals surface area contributed by atoms with Crippen LogP contribution >= 0.6 is 11.6 Å². The average molecular weight is 468 g/mol. The molecule has 0 aromatic heterocycles. The molecule has 1 aliphatic heterocycles. The fraction of sp³-hybridized carbons (Fsp3) is 0.481. The van der Waals surface area contributed by atoms with Crippen LogP contribution in [0.4, 0.5) is 0 Å². The number of likely N-dealkylation sites (tertiary alicyclic amines) is 1. The van der Waals surface area contributed by atoms with Gasteiger partial charge in [-0.2, -0.15) is 0 Å². The highest BCUT2D eigenvalue weighted by atomic mass is 35.5. The standard InChI is InChI=1S/C27H34ClN3O2/c28-24-15-9-8-14-23(24)27(33)30-25(20-10-4-3-5-11-20)18-26(32)29-21-16-17-31(19-21)22-12-6-1-2-7-13-22/h3-5,8-11,14-15,21-22,25H,1-2,6-7,12-13,16-19H2,(H,29,32)(H,30,33). The Morgan fingerprint density at radius 1 is 0.939 bits per heavy atom. The Balaban J connectivity index is 1.36. The fourth-order valence-corrected chi connectivity index (χ4v) is 5.37. The minimum Gasteiger partial charge on any atom is -0.352 e. The predicted molar refractivity (Wildman–Crippen MR) is 132 cm³/mol. The summed E-state index contributed by atoms with van der Waals surface area (Å²) in [6.07, 6.45) is 9.10. The van der Waals surface area contributed by atoms with Gasteiger partial charge in [-0.15, -0.1) is 0 Å². The number of nitrogens with one attached hydrogen (secondary N) is 2. The highest BCUT2D eigenvalue weighted by Crippen LogP contribution is 2.25. The summed E-state index contributed by atoms with van der Waals surface area (Å²) in [5.41, 5.74) is 1.31. The first-order valence-electron chi connectivity index (χ1n) is 12.2. The number of rotatable bonds is 7. The second-order valence-corrected chi connectivity index (χ2v) is 9.72. The highest BCUT2D eigenvalue weighted by molar-refractivity contribution is 6.33. The molecule has 33 heavy (non-hydrogen) atoms. The molecule has 2 unspecified atom stereocenters. The van der Waals surface area contributed by atoms with E-state index < -0.39 is 6.04 Å². The molecule has 2 aromatic rings. The van der Waals surface area contributed by atoms with Crippen molar-refractivity contribution in [2.75, 3.05) is 13.1 Å². The number of carbonyl (C=O) groups excluding carboxylic acids is 2. The minimum absolute atomic E-state index is 0.0315. The van der Waals surface area contributed by atoms with E-state index in [0.29, 0.717) is 16.6 Å². The Labute approximate surface area is 201 Å². The van der Waals surface area contributed by atoms with Crippen LogP contribution in [0.1, 0.15) is 73.3 Å². The van der Waals surface area contributed by atoms with Crippen molar-refractivity contribution in [1.82, 2.24) is 15.5 Å². The number of benzene rings is 2. The van der Waals surface area contributed by atoms with E-state index in [1.54, 1.807) is 24.3 Å². The van der Waals surface area contributed by atoms with Crippen LogP contribution in [0.5, 0.6) is 0 Å². The van der Waals surface area contributed by atoms with Crippen LogP contribution in [0, 0.1) is 0 Å². The Bertz CT molecular complexity index is 928. The van der Waals surface area contributed by atoms with E-state index in [4.69, 9.17) is 11.6 Å². The molecular formula is C27H34ClN3O2. The molecular weight excluding hydrogens is 434 g/mol. The van der Waals surface area contributed by atoms with E-state index in [2.05, 4.69) is 15.5 Å². The molecule has 2 N–H and O–H groups in total. The van der Waals surface area contributed by atoms with Gasteiger partial charge < -0.3 is 10.6 Å². The Hall–Kier alpha value is -2.37. The number of amides is 2. The molecule has 1 saturated carbocycles. The summed E-state index contributed by atoms with van der Waals surface area (Å²) < 4.78 is 0. The van der Waals surface area contributed by atoms with E-state index in [-0.39, 0.29) is 24.3 Å². The molecule has 6 heteroatoms. The lowest BCUT2D eigenvalue weighted by Gasteiger charge is -2.27. The van der Waals surface area contributed by atoms with Gasteiger partial charge >= 0.3 is 0 Å². The average Bonchev–Trinajstić information content (AvgIpc) is 3.11. The summed E-state index contributed by atoms with van der Waals surface area (Å²) in [5, 5.41) is 6.65. The van der Waals surface area contributed by atoms with Crippen molar-refractivity contribution in [3.05, 3.63) is 70.7 Å². The number of hydrogen-bond donors (Lipinski definition) is 2. The summed E-state index contributed by atoms with van der Waals surface area (Å²) in [7, 11) is 0. The number of hydrogen-bond acceptors (Lipinski definition) is 3. The molecule has 1 saturated heterocycles. The van der Waals surface area contributed by atoms with Crippen molar-refractivity contribution in [1.29, 1.82) is 0 Å². The summed E-state index contributed by atoms with van der Waals surface area (Å²) in [5.74, 6) is -0.307. The Morgan fingerprint density at radius 3 is 2.36 bits per heavy atom. The maximum Gasteiger partial charge on any atom is 0.253 e. The van der Waals surface area contributed by atoms with Gasteiger partial charge in [0.25, 0.3) is 5.91 Å². The number of carbonyl (C=O) groups is 2. The first-order valence-corrected chi connectivity index (χ1v) is 12.6. The lowest BCUT2D eigenvalue weighted by atomic mass is 10.0. The van der Waals surface area contributed by atoms with Crippen LogP contribution in [0.15, 0.2) is 54.6 Å². The first kappa shape index (κ1) is 23.8. The molecule has 176 valence electrons. The first-order chi connectivity index (χ1) is 16.1. The third-order valence-electron chi connectivity index (χ3n) is 6.94. The normalized spacial score (nSPS) is 20.7. The second kappa shape index (κ2) is 11.7. The van der Waals surface area contributed by atoms with Gasteiger partial charge in [0.05, 0.1) is 23.0 Å². The molecule has 2 aliphatic rings. The van der Waals surface area contributed by atoms with Crippen molar-refractivity contribution in [2.45, 2.75) is 69.5 Å². The minimum atomic E-state index is -0.422. The van der Waals surface area contributed by atoms with Crippen molar-refractivity contribution in [3.63, 3.8) is 0 Å². The van der Waals surface area contributed by atoms with Gasteiger partial charge in [-0.05, 0) is 37.0 Å². The van der Waals surface area contributed by atoms with Gasteiger partial charge in [-0.25, -0.2) is 0 Å². The van der Waals surface area contributed by atoms with Gasteiger partial charge in [0.2, 0.25) is 5.91 Å². The Kier molecular flexibility index (Phi) is 8.40. The summed E-state index contributed by atoms with van der Waals surface area (Å²) in [6, 6.07) is 17.0. The molecule has 2 atom stereocenters. The van der Waals surface area contributed by atoms with Crippen LogP contribution < -0.4 is 10.6 Å². The van der Waals surface area contributed by atoms with E-state index in [1.807, 2.05) is 30.3 Å². The Morgan fingerprint density at radius 2 is 1.64 bits per heavy atom. The third-order valence-corrected chi connectivity index (χ3v) is 7.27. The summed E-state index contributed by atoms with van der Waals surface area (Å²) >= 11 is 6.21. The number of halogens is 1. The SMILES string of the molecule is O=C(CC(NC(=O)c1ccccc1Cl)c1ccccc1)NC1CCN(C2CCCCCC2)C1. The predicted octanol–water partition coefficient (Wildman–Crippen LogP) is 5.11. The quantitative estimate of drug-likeness (QED) is 0.556. The van der Waals surface area contributed by atoms with Crippen molar-refractivity contribution >= 4 is 23.4 Å². The van der Waals surface area contributed by atoms with Crippen molar-refractivity contribution in [2.24, 2.45) is 0 Å². The molecule has 0 radical (unpaired) electrons. The van der Waals surface area contributed by atoms with Crippen molar-refractivity contribution in [3.8, 4) is 0 Å². The monoisotopic (exact) mass is 467 g/mol. The number of nitrogens with zero attached hydrogens (tertiary/aromatic N) is 1. The van der Waals surface area contributed by atoms with Gasteiger partial charge in [-0.3, -0.25) is 14.5 Å². The molecule has 0 spiro atoms. The zero-order valence-electron chi connectivity index (χ0n) is 19.1. The van der Waals surface area contributed by atoms with E-state index >= 15 is 0 Å². The maximum absolute atomic E-state index is 13.0. The smallest absolute Gasteiger partial charge is 0.253 e. The molecule has 1 heterocycles.